The molecule has 114 valence electrons. The molecule has 22 heavy (non-hydrogen) atoms. The van der Waals surface area contributed by atoms with Crippen molar-refractivity contribution in [1.82, 2.24) is 0 Å². The quantitative estimate of drug-likeness (QED) is 0.861. The number of anilines is 1. The number of nitrogens with one attached hydrogen (secondary N) is 1. The number of esters is 1. The molecule has 0 bridgehead atoms. The van der Waals surface area contributed by atoms with E-state index in [0.717, 1.165) is 0 Å². The molecule has 0 atom stereocenters. The van der Waals surface area contributed by atoms with E-state index in [1.54, 1.807) is 31.2 Å². The number of ether oxygens (including phenoxy) is 2. The Kier molecular flexibility index (Phi) is 5.38. The lowest BCUT2D eigenvalue weighted by molar-refractivity contribution is 0.0526. The highest BCUT2D eigenvalue weighted by Gasteiger charge is 2.08. The third-order valence-corrected chi connectivity index (χ3v) is 2.92. The molecular weight excluding hydrogens is 306 g/mol. The molecule has 2 aromatic carbocycles. The third-order valence-electron chi connectivity index (χ3n) is 2.67. The van der Waals surface area contributed by atoms with Crippen molar-refractivity contribution in [3.63, 3.8) is 0 Å². The van der Waals surface area contributed by atoms with Gasteiger partial charge in [-0.2, -0.15) is 0 Å². The molecule has 0 aliphatic carbocycles. The molecular formula is C16H14ClNO4. The molecule has 1 amide bonds. The van der Waals surface area contributed by atoms with Gasteiger partial charge in [0.2, 0.25) is 0 Å². The van der Waals surface area contributed by atoms with Gasteiger partial charge in [0.1, 0.15) is 5.75 Å². The van der Waals surface area contributed by atoms with Gasteiger partial charge in [-0.25, -0.2) is 9.59 Å². The predicted octanol–water partition coefficient (Wildman–Crippen LogP) is 4.13. The molecule has 0 radical (unpaired) electrons. The van der Waals surface area contributed by atoms with Gasteiger partial charge in [0, 0.05) is 10.7 Å². The Balaban J connectivity index is 1.94. The van der Waals surface area contributed by atoms with E-state index in [9.17, 15) is 9.59 Å². The Morgan fingerprint density at radius 1 is 1.05 bits per heavy atom. The average molecular weight is 320 g/mol. The van der Waals surface area contributed by atoms with Crippen LogP contribution in [-0.4, -0.2) is 18.7 Å². The lowest BCUT2D eigenvalue weighted by Crippen LogP contribution is -2.16. The topological polar surface area (TPSA) is 64.6 Å². The molecule has 6 heteroatoms. The molecule has 0 aromatic heterocycles. The number of carbonyl (C=O) groups excluding carboxylic acids is 2. The van der Waals surface area contributed by atoms with Gasteiger partial charge in [-0.3, -0.25) is 5.32 Å². The summed E-state index contributed by atoms with van der Waals surface area (Å²) < 4.78 is 9.98. The maximum absolute atomic E-state index is 11.7. The van der Waals surface area contributed by atoms with Gasteiger partial charge < -0.3 is 9.47 Å². The number of amides is 1. The fourth-order valence-electron chi connectivity index (χ4n) is 1.66. The predicted molar refractivity (Wildman–Crippen MR) is 83.5 cm³/mol. The van der Waals surface area contributed by atoms with Crippen LogP contribution in [0.25, 0.3) is 0 Å². The molecule has 0 aliphatic heterocycles. The van der Waals surface area contributed by atoms with Crippen LogP contribution in [0.2, 0.25) is 5.02 Å². The zero-order valence-electron chi connectivity index (χ0n) is 11.8. The summed E-state index contributed by atoms with van der Waals surface area (Å²) in [6, 6.07) is 12.7. The van der Waals surface area contributed by atoms with E-state index in [4.69, 9.17) is 21.1 Å². The normalized spacial score (nSPS) is 9.91. The van der Waals surface area contributed by atoms with Crippen molar-refractivity contribution in [3.8, 4) is 5.75 Å². The number of hydrogen-bond donors (Lipinski definition) is 1. The summed E-state index contributed by atoms with van der Waals surface area (Å²) >= 11 is 5.76. The Labute approximate surface area is 132 Å². The van der Waals surface area contributed by atoms with Crippen molar-refractivity contribution in [1.29, 1.82) is 0 Å². The van der Waals surface area contributed by atoms with Crippen molar-refractivity contribution in [2.75, 3.05) is 11.9 Å². The van der Waals surface area contributed by atoms with Crippen LogP contribution in [-0.2, 0) is 4.74 Å². The monoisotopic (exact) mass is 319 g/mol. The second kappa shape index (κ2) is 7.47. The molecule has 5 nitrogen and oxygen atoms in total. The van der Waals surface area contributed by atoms with Crippen molar-refractivity contribution >= 4 is 29.4 Å². The fourth-order valence-corrected chi connectivity index (χ4v) is 1.78. The van der Waals surface area contributed by atoms with Gasteiger partial charge in [0.25, 0.3) is 0 Å². The lowest BCUT2D eigenvalue weighted by Gasteiger charge is -2.07. The number of hydrogen-bond acceptors (Lipinski definition) is 4. The standard InChI is InChI=1S/C16H14ClNO4/c1-2-21-15(19)11-3-9-14(10-4-11)22-16(20)18-13-7-5-12(17)6-8-13/h3-10H,2H2,1H3,(H,18,20). The Hall–Kier alpha value is -2.53. The van der Waals surface area contributed by atoms with Crippen molar-refractivity contribution in [3.05, 3.63) is 59.1 Å². The van der Waals surface area contributed by atoms with Crippen LogP contribution < -0.4 is 10.1 Å². The minimum atomic E-state index is -0.633. The Morgan fingerprint density at radius 2 is 1.68 bits per heavy atom. The van der Waals surface area contributed by atoms with Crippen LogP contribution in [0, 0.1) is 0 Å². The second-order valence-electron chi connectivity index (χ2n) is 4.27. The summed E-state index contributed by atoms with van der Waals surface area (Å²) in [5, 5.41) is 3.14. The molecule has 2 rings (SSSR count). The molecule has 0 fully saturated rings. The number of halogens is 1. The van der Waals surface area contributed by atoms with E-state index >= 15 is 0 Å². The highest BCUT2D eigenvalue weighted by atomic mass is 35.5. The maximum Gasteiger partial charge on any atom is 0.417 e. The first-order valence-corrected chi connectivity index (χ1v) is 6.98. The van der Waals surface area contributed by atoms with Crippen LogP contribution in [0.4, 0.5) is 10.5 Å². The van der Waals surface area contributed by atoms with E-state index in [1.165, 1.54) is 24.3 Å². The number of rotatable bonds is 4. The summed E-state index contributed by atoms with van der Waals surface area (Å²) in [4.78, 5) is 23.2. The van der Waals surface area contributed by atoms with Crippen molar-refractivity contribution in [2.45, 2.75) is 6.92 Å². The Bertz CT molecular complexity index is 653. The first kappa shape index (κ1) is 15.9. The third kappa shape index (κ3) is 4.49. The highest BCUT2D eigenvalue weighted by molar-refractivity contribution is 6.30. The van der Waals surface area contributed by atoms with E-state index < -0.39 is 12.1 Å². The minimum Gasteiger partial charge on any atom is -0.462 e. The summed E-state index contributed by atoms with van der Waals surface area (Å²) in [6.45, 7) is 2.04. The van der Waals surface area contributed by atoms with Crippen LogP contribution in [0.15, 0.2) is 48.5 Å². The summed E-state index contributed by atoms with van der Waals surface area (Å²) in [7, 11) is 0. The van der Waals surface area contributed by atoms with Gasteiger partial charge in [-0.15, -0.1) is 0 Å². The SMILES string of the molecule is CCOC(=O)c1ccc(OC(=O)Nc2ccc(Cl)cc2)cc1. The van der Waals surface area contributed by atoms with Gasteiger partial charge in [0.05, 0.1) is 12.2 Å². The largest absolute Gasteiger partial charge is 0.462 e. The van der Waals surface area contributed by atoms with Crippen molar-refractivity contribution in [2.24, 2.45) is 0 Å². The van der Waals surface area contributed by atoms with Crippen molar-refractivity contribution < 1.29 is 19.1 Å². The van der Waals surface area contributed by atoms with Gasteiger partial charge in [-0.1, -0.05) is 11.6 Å². The first-order valence-electron chi connectivity index (χ1n) is 6.60. The fraction of sp³-hybridized carbons (Fsp3) is 0.125. The second-order valence-corrected chi connectivity index (χ2v) is 4.70. The molecule has 0 heterocycles. The molecule has 2 aromatic rings. The van der Waals surface area contributed by atoms with E-state index in [-0.39, 0.29) is 0 Å². The smallest absolute Gasteiger partial charge is 0.417 e. The lowest BCUT2D eigenvalue weighted by atomic mass is 10.2. The minimum absolute atomic E-state index is 0.306. The van der Waals surface area contributed by atoms with Crippen LogP contribution in [0.3, 0.4) is 0 Å². The van der Waals surface area contributed by atoms with E-state index in [1.807, 2.05) is 0 Å². The van der Waals surface area contributed by atoms with E-state index in [0.29, 0.717) is 28.6 Å². The molecule has 0 spiro atoms. The molecule has 0 saturated carbocycles. The number of benzene rings is 2. The molecule has 0 saturated heterocycles. The summed E-state index contributed by atoms with van der Waals surface area (Å²) in [5.41, 5.74) is 0.963. The zero-order chi connectivity index (χ0) is 15.9. The number of carbonyl (C=O) groups is 2. The first-order chi connectivity index (χ1) is 10.6. The van der Waals surface area contributed by atoms with Gasteiger partial charge >= 0.3 is 12.1 Å². The summed E-state index contributed by atoms with van der Waals surface area (Å²) in [5.74, 6) is -0.0980. The highest BCUT2D eigenvalue weighted by Crippen LogP contribution is 2.16. The summed E-state index contributed by atoms with van der Waals surface area (Å²) in [6.07, 6.45) is -0.633. The van der Waals surface area contributed by atoms with Crippen LogP contribution in [0.1, 0.15) is 17.3 Å². The van der Waals surface area contributed by atoms with Crippen LogP contribution >= 0.6 is 11.6 Å². The van der Waals surface area contributed by atoms with Gasteiger partial charge in [0.15, 0.2) is 0 Å². The van der Waals surface area contributed by atoms with E-state index in [2.05, 4.69) is 5.32 Å². The maximum atomic E-state index is 11.7. The van der Waals surface area contributed by atoms with Crippen LogP contribution in [0.5, 0.6) is 5.75 Å². The van der Waals surface area contributed by atoms with Gasteiger partial charge in [-0.05, 0) is 55.5 Å². The zero-order valence-corrected chi connectivity index (χ0v) is 12.6. The Morgan fingerprint density at radius 3 is 2.27 bits per heavy atom. The average Bonchev–Trinajstić information content (AvgIpc) is 2.50. The molecule has 0 aliphatic rings. The molecule has 0 unspecified atom stereocenters. The molecule has 1 N–H and O–H groups in total.